The minimum absolute atomic E-state index is 0.451. The highest BCUT2D eigenvalue weighted by Gasteiger charge is 2.36. The zero-order valence-electron chi connectivity index (χ0n) is 7.46. The summed E-state index contributed by atoms with van der Waals surface area (Å²) in [6.45, 7) is 4.42. The molecule has 0 bridgehead atoms. The maximum Gasteiger partial charge on any atom is 0.0872 e. The van der Waals surface area contributed by atoms with Crippen LogP contribution in [-0.2, 0) is 6.54 Å². The zero-order chi connectivity index (χ0) is 9.47. The van der Waals surface area contributed by atoms with Gasteiger partial charge in [-0.05, 0) is 39.9 Å². The molecule has 2 rings (SSSR count). The van der Waals surface area contributed by atoms with Crippen LogP contribution in [0, 0.1) is 0 Å². The Morgan fingerprint density at radius 3 is 2.85 bits per heavy atom. The average Bonchev–Trinajstić information content (AvgIpc) is 2.31. The van der Waals surface area contributed by atoms with Crippen molar-refractivity contribution in [2.24, 2.45) is 0 Å². The second-order valence-corrected chi connectivity index (χ2v) is 6.19. The largest absolute Gasteiger partial charge is 0.388 e. The highest BCUT2D eigenvalue weighted by molar-refractivity contribution is 9.11. The van der Waals surface area contributed by atoms with Crippen molar-refractivity contribution in [1.29, 1.82) is 0 Å². The summed E-state index contributed by atoms with van der Waals surface area (Å²) in [6.07, 6.45) is 0. The van der Waals surface area contributed by atoms with Crippen molar-refractivity contribution in [2.45, 2.75) is 19.1 Å². The summed E-state index contributed by atoms with van der Waals surface area (Å²) >= 11 is 5.14. The quantitative estimate of drug-likeness (QED) is 0.882. The maximum absolute atomic E-state index is 9.52. The first-order chi connectivity index (χ1) is 6.05. The van der Waals surface area contributed by atoms with E-state index in [-0.39, 0.29) is 0 Å². The first-order valence-electron chi connectivity index (χ1n) is 4.23. The Morgan fingerprint density at radius 1 is 1.69 bits per heavy atom. The summed E-state index contributed by atoms with van der Waals surface area (Å²) in [5.74, 6) is 0. The van der Waals surface area contributed by atoms with Crippen molar-refractivity contribution in [3.8, 4) is 0 Å². The summed E-state index contributed by atoms with van der Waals surface area (Å²) in [4.78, 5) is 2.24. The van der Waals surface area contributed by atoms with Gasteiger partial charge < -0.3 is 5.11 Å². The first kappa shape index (κ1) is 9.65. The van der Waals surface area contributed by atoms with E-state index in [1.165, 1.54) is 9.35 Å². The van der Waals surface area contributed by atoms with Gasteiger partial charge in [-0.2, -0.15) is 0 Å². The van der Waals surface area contributed by atoms with Crippen LogP contribution in [0.25, 0.3) is 0 Å². The lowest BCUT2D eigenvalue weighted by Crippen LogP contribution is -2.59. The van der Waals surface area contributed by atoms with Gasteiger partial charge in [0.15, 0.2) is 0 Å². The monoisotopic (exact) mass is 261 g/mol. The van der Waals surface area contributed by atoms with Crippen LogP contribution in [-0.4, -0.2) is 28.7 Å². The molecule has 0 amide bonds. The number of hydrogen-bond acceptors (Lipinski definition) is 3. The smallest absolute Gasteiger partial charge is 0.0872 e. The molecule has 0 unspecified atom stereocenters. The standard InChI is InChI=1S/C9H12BrNOS/c1-9(12)5-11(6-9)3-7-2-8(10)13-4-7/h2,4,12H,3,5-6H2,1H3. The van der Waals surface area contributed by atoms with Gasteiger partial charge >= 0.3 is 0 Å². The Morgan fingerprint density at radius 2 is 2.38 bits per heavy atom. The van der Waals surface area contributed by atoms with Crippen LogP contribution in [0.1, 0.15) is 12.5 Å². The molecule has 0 aliphatic carbocycles. The van der Waals surface area contributed by atoms with Crippen molar-refractivity contribution >= 4 is 27.3 Å². The molecule has 0 atom stereocenters. The highest BCUT2D eigenvalue weighted by atomic mass is 79.9. The molecular formula is C9H12BrNOS. The summed E-state index contributed by atoms with van der Waals surface area (Å²) < 4.78 is 1.18. The Hall–Kier alpha value is 0.100. The van der Waals surface area contributed by atoms with Gasteiger partial charge in [-0.15, -0.1) is 11.3 Å². The van der Waals surface area contributed by atoms with Crippen LogP contribution in [0.3, 0.4) is 0 Å². The van der Waals surface area contributed by atoms with Gasteiger partial charge in [0.2, 0.25) is 0 Å². The molecule has 0 radical (unpaired) electrons. The SMILES string of the molecule is CC1(O)CN(Cc2csc(Br)c2)C1. The third-order valence-corrected chi connectivity index (χ3v) is 3.71. The van der Waals surface area contributed by atoms with Gasteiger partial charge in [-0.1, -0.05) is 0 Å². The molecule has 2 nitrogen and oxygen atoms in total. The van der Waals surface area contributed by atoms with Crippen LogP contribution in [0.4, 0.5) is 0 Å². The molecule has 1 aliphatic rings. The molecule has 1 aliphatic heterocycles. The van der Waals surface area contributed by atoms with E-state index in [4.69, 9.17) is 0 Å². The van der Waals surface area contributed by atoms with Crippen LogP contribution in [0.2, 0.25) is 0 Å². The van der Waals surface area contributed by atoms with E-state index in [0.717, 1.165) is 19.6 Å². The molecule has 13 heavy (non-hydrogen) atoms. The lowest BCUT2D eigenvalue weighted by molar-refractivity contribution is -0.0870. The molecule has 1 N–H and O–H groups in total. The number of hydrogen-bond donors (Lipinski definition) is 1. The third kappa shape index (κ3) is 2.31. The lowest BCUT2D eigenvalue weighted by atomic mass is 9.97. The predicted molar refractivity (Wildman–Crippen MR) is 57.9 cm³/mol. The molecule has 1 fully saturated rings. The second kappa shape index (κ2) is 3.35. The van der Waals surface area contributed by atoms with Gasteiger partial charge in [0, 0.05) is 19.6 Å². The number of rotatable bonds is 2. The van der Waals surface area contributed by atoms with Crippen LogP contribution in [0.15, 0.2) is 15.2 Å². The Balaban J connectivity index is 1.87. The molecule has 0 aromatic carbocycles. The normalized spacial score (nSPS) is 21.5. The minimum atomic E-state index is -0.451. The van der Waals surface area contributed by atoms with Crippen molar-refractivity contribution in [3.05, 3.63) is 20.8 Å². The van der Waals surface area contributed by atoms with Crippen molar-refractivity contribution in [2.75, 3.05) is 13.1 Å². The zero-order valence-corrected chi connectivity index (χ0v) is 9.86. The van der Waals surface area contributed by atoms with Gasteiger partial charge in [0.25, 0.3) is 0 Å². The number of aliphatic hydroxyl groups is 1. The Kier molecular flexibility index (Phi) is 2.49. The molecule has 2 heterocycles. The summed E-state index contributed by atoms with van der Waals surface area (Å²) in [5.41, 5.74) is 0.875. The molecule has 1 aromatic rings. The average molecular weight is 262 g/mol. The van der Waals surface area contributed by atoms with Crippen LogP contribution in [0.5, 0.6) is 0 Å². The summed E-state index contributed by atoms with van der Waals surface area (Å²) in [6, 6.07) is 2.14. The van der Waals surface area contributed by atoms with E-state index in [9.17, 15) is 5.11 Å². The van der Waals surface area contributed by atoms with E-state index in [0.29, 0.717) is 0 Å². The topological polar surface area (TPSA) is 23.5 Å². The fourth-order valence-electron chi connectivity index (χ4n) is 1.72. The first-order valence-corrected chi connectivity index (χ1v) is 5.90. The summed E-state index contributed by atoms with van der Waals surface area (Å²) in [7, 11) is 0. The Bertz CT molecular complexity index is 302. The van der Waals surface area contributed by atoms with Crippen molar-refractivity contribution < 1.29 is 5.11 Å². The molecule has 1 saturated heterocycles. The van der Waals surface area contributed by atoms with E-state index in [2.05, 4.69) is 32.3 Å². The fourth-order valence-corrected chi connectivity index (χ4v) is 2.92. The number of likely N-dealkylation sites (tertiary alicyclic amines) is 1. The van der Waals surface area contributed by atoms with E-state index in [1.54, 1.807) is 11.3 Å². The van der Waals surface area contributed by atoms with Crippen molar-refractivity contribution in [3.63, 3.8) is 0 Å². The Labute approximate surface area is 90.3 Å². The minimum Gasteiger partial charge on any atom is -0.388 e. The number of halogens is 1. The van der Waals surface area contributed by atoms with E-state index >= 15 is 0 Å². The molecule has 4 heteroatoms. The second-order valence-electron chi connectivity index (χ2n) is 3.90. The van der Waals surface area contributed by atoms with Crippen LogP contribution >= 0.6 is 27.3 Å². The van der Waals surface area contributed by atoms with Gasteiger partial charge in [-0.25, -0.2) is 0 Å². The predicted octanol–water partition coefficient (Wildman–Crippen LogP) is 2.08. The number of thiophene rings is 1. The fraction of sp³-hybridized carbons (Fsp3) is 0.556. The van der Waals surface area contributed by atoms with Crippen molar-refractivity contribution in [1.82, 2.24) is 4.90 Å². The maximum atomic E-state index is 9.52. The molecule has 1 aromatic heterocycles. The molecule has 0 saturated carbocycles. The van der Waals surface area contributed by atoms with E-state index < -0.39 is 5.60 Å². The van der Waals surface area contributed by atoms with Gasteiger partial charge in [-0.3, -0.25) is 4.90 Å². The lowest BCUT2D eigenvalue weighted by Gasteiger charge is -2.44. The van der Waals surface area contributed by atoms with Gasteiger partial charge in [0.05, 0.1) is 9.39 Å². The molecule has 0 spiro atoms. The molecule has 72 valence electrons. The molecular weight excluding hydrogens is 250 g/mol. The van der Waals surface area contributed by atoms with Gasteiger partial charge in [0.1, 0.15) is 0 Å². The number of nitrogens with zero attached hydrogens (tertiary/aromatic N) is 1. The third-order valence-electron chi connectivity index (χ3n) is 2.16. The number of β-amino-alcohol motifs (C(OH)–C–C–N with tert-alkyl or cyclic N) is 1. The van der Waals surface area contributed by atoms with Crippen LogP contribution < -0.4 is 0 Å². The summed E-state index contributed by atoms with van der Waals surface area (Å²) in [5, 5.41) is 11.7. The highest BCUT2D eigenvalue weighted by Crippen LogP contribution is 2.26. The van der Waals surface area contributed by atoms with E-state index in [1.807, 2.05) is 6.92 Å².